The van der Waals surface area contributed by atoms with Crippen molar-refractivity contribution in [2.75, 3.05) is 26.2 Å². The van der Waals surface area contributed by atoms with Gasteiger partial charge in [0.25, 0.3) is 0 Å². The van der Waals surface area contributed by atoms with Crippen LogP contribution in [0.15, 0.2) is 10.6 Å². The molecular weight excluding hydrogens is 256 g/mol. The first kappa shape index (κ1) is 13.4. The number of rotatable bonds is 2. The van der Waals surface area contributed by atoms with Crippen LogP contribution in [0.2, 0.25) is 0 Å². The Morgan fingerprint density at radius 3 is 3.15 bits per heavy atom. The van der Waals surface area contributed by atoms with Crippen molar-refractivity contribution in [3.05, 3.63) is 17.5 Å². The molecule has 2 saturated heterocycles. The molecule has 1 aromatic heterocycles. The second kappa shape index (κ2) is 5.83. The number of nitrogens with zero attached hydrogens (tertiary/aromatic N) is 3. The first-order chi connectivity index (χ1) is 9.72. The van der Waals surface area contributed by atoms with Gasteiger partial charge in [0, 0.05) is 31.7 Å². The van der Waals surface area contributed by atoms with Gasteiger partial charge in [-0.25, -0.2) is 4.79 Å². The van der Waals surface area contributed by atoms with Crippen molar-refractivity contribution in [2.45, 2.75) is 38.8 Å². The standard InChI is InChI=1S/C14H22N4O2/c1-11-8-12(16-20-11)9-15-14(19)18-7-6-17-5-3-2-4-13(17)10-18/h8,13H,2-7,9-10H2,1H3,(H,15,19)/t13-/m1/s1. The van der Waals surface area contributed by atoms with E-state index in [0.29, 0.717) is 12.6 Å². The van der Waals surface area contributed by atoms with Crippen molar-refractivity contribution >= 4 is 6.03 Å². The minimum atomic E-state index is 0.0101. The van der Waals surface area contributed by atoms with Crippen LogP contribution in [0.1, 0.15) is 30.7 Å². The zero-order valence-electron chi connectivity index (χ0n) is 12.0. The van der Waals surface area contributed by atoms with Crippen LogP contribution in [0.4, 0.5) is 4.79 Å². The number of urea groups is 1. The minimum Gasteiger partial charge on any atom is -0.361 e. The zero-order valence-corrected chi connectivity index (χ0v) is 12.0. The first-order valence-corrected chi connectivity index (χ1v) is 7.41. The number of hydrogen-bond donors (Lipinski definition) is 1. The van der Waals surface area contributed by atoms with Gasteiger partial charge >= 0.3 is 6.03 Å². The van der Waals surface area contributed by atoms with E-state index in [2.05, 4.69) is 15.4 Å². The molecule has 2 amide bonds. The van der Waals surface area contributed by atoms with Gasteiger partial charge in [-0.15, -0.1) is 0 Å². The summed E-state index contributed by atoms with van der Waals surface area (Å²) in [5.41, 5.74) is 0.771. The Morgan fingerprint density at radius 1 is 1.45 bits per heavy atom. The molecular formula is C14H22N4O2. The molecule has 6 heteroatoms. The van der Waals surface area contributed by atoms with Gasteiger partial charge < -0.3 is 14.7 Å². The molecule has 0 spiro atoms. The molecule has 2 aliphatic rings. The van der Waals surface area contributed by atoms with Crippen LogP contribution >= 0.6 is 0 Å². The summed E-state index contributed by atoms with van der Waals surface area (Å²) in [5, 5.41) is 6.81. The molecule has 3 rings (SSSR count). The summed E-state index contributed by atoms with van der Waals surface area (Å²) in [7, 11) is 0. The van der Waals surface area contributed by atoms with Gasteiger partial charge in [-0.1, -0.05) is 11.6 Å². The molecule has 110 valence electrons. The molecule has 1 aromatic rings. The van der Waals surface area contributed by atoms with Crippen molar-refractivity contribution in [3.8, 4) is 0 Å². The lowest BCUT2D eigenvalue weighted by molar-refractivity contribution is 0.0642. The summed E-state index contributed by atoms with van der Waals surface area (Å²) < 4.78 is 4.99. The van der Waals surface area contributed by atoms with Crippen LogP contribution in [-0.4, -0.2) is 53.2 Å². The number of hydrogen-bond acceptors (Lipinski definition) is 4. The average Bonchev–Trinajstić information content (AvgIpc) is 2.90. The fourth-order valence-electron chi connectivity index (χ4n) is 3.12. The molecule has 3 heterocycles. The molecule has 0 radical (unpaired) electrons. The van der Waals surface area contributed by atoms with Crippen molar-refractivity contribution in [1.29, 1.82) is 0 Å². The smallest absolute Gasteiger partial charge is 0.317 e. The third-order valence-electron chi connectivity index (χ3n) is 4.22. The number of amides is 2. The first-order valence-electron chi connectivity index (χ1n) is 7.41. The largest absolute Gasteiger partial charge is 0.361 e. The molecule has 1 N–H and O–H groups in total. The van der Waals surface area contributed by atoms with Crippen molar-refractivity contribution in [1.82, 2.24) is 20.3 Å². The highest BCUT2D eigenvalue weighted by molar-refractivity contribution is 5.74. The topological polar surface area (TPSA) is 61.6 Å². The van der Waals surface area contributed by atoms with Crippen molar-refractivity contribution < 1.29 is 9.32 Å². The Hall–Kier alpha value is -1.56. The van der Waals surface area contributed by atoms with Gasteiger partial charge in [0.15, 0.2) is 0 Å². The average molecular weight is 278 g/mol. The number of carbonyl (C=O) groups is 1. The fraction of sp³-hybridized carbons (Fsp3) is 0.714. The van der Waals surface area contributed by atoms with Gasteiger partial charge in [-0.05, 0) is 26.3 Å². The van der Waals surface area contributed by atoms with E-state index in [4.69, 9.17) is 4.52 Å². The molecule has 0 unspecified atom stereocenters. The van der Waals surface area contributed by atoms with E-state index < -0.39 is 0 Å². The van der Waals surface area contributed by atoms with Crippen LogP contribution in [-0.2, 0) is 6.54 Å². The lowest BCUT2D eigenvalue weighted by atomic mass is 10.00. The summed E-state index contributed by atoms with van der Waals surface area (Å²) in [4.78, 5) is 16.6. The lowest BCUT2D eigenvalue weighted by Gasteiger charge is -2.43. The number of fused-ring (bicyclic) bond motifs is 1. The van der Waals surface area contributed by atoms with E-state index >= 15 is 0 Å². The Balaban J connectivity index is 1.50. The van der Waals surface area contributed by atoms with Crippen LogP contribution in [0.5, 0.6) is 0 Å². The summed E-state index contributed by atoms with van der Waals surface area (Å²) in [6.45, 7) is 6.14. The van der Waals surface area contributed by atoms with E-state index in [1.165, 1.54) is 25.8 Å². The maximum atomic E-state index is 12.2. The van der Waals surface area contributed by atoms with E-state index in [1.54, 1.807) is 0 Å². The Bertz CT molecular complexity index is 473. The number of piperidine rings is 1. The van der Waals surface area contributed by atoms with E-state index in [1.807, 2.05) is 17.9 Å². The van der Waals surface area contributed by atoms with Gasteiger partial charge in [0.1, 0.15) is 11.5 Å². The van der Waals surface area contributed by atoms with E-state index in [-0.39, 0.29) is 6.03 Å². The molecule has 0 bridgehead atoms. The second-order valence-corrected chi connectivity index (χ2v) is 5.72. The second-order valence-electron chi connectivity index (χ2n) is 5.72. The normalized spacial score (nSPS) is 23.4. The van der Waals surface area contributed by atoms with Crippen molar-refractivity contribution in [3.63, 3.8) is 0 Å². The number of aryl methyl sites for hydroxylation is 1. The molecule has 0 aromatic carbocycles. The monoisotopic (exact) mass is 278 g/mol. The summed E-state index contributed by atoms with van der Waals surface area (Å²) in [6.07, 6.45) is 3.80. The fourth-order valence-corrected chi connectivity index (χ4v) is 3.12. The molecule has 6 nitrogen and oxygen atoms in total. The van der Waals surface area contributed by atoms with Gasteiger partial charge in [-0.3, -0.25) is 4.90 Å². The number of nitrogens with one attached hydrogen (secondary N) is 1. The van der Waals surface area contributed by atoms with E-state index in [0.717, 1.165) is 31.1 Å². The van der Waals surface area contributed by atoms with Gasteiger partial charge in [-0.2, -0.15) is 0 Å². The maximum Gasteiger partial charge on any atom is 0.317 e. The van der Waals surface area contributed by atoms with Gasteiger partial charge in [0.2, 0.25) is 0 Å². The Kier molecular flexibility index (Phi) is 3.91. The highest BCUT2D eigenvalue weighted by Crippen LogP contribution is 2.21. The minimum absolute atomic E-state index is 0.0101. The third kappa shape index (κ3) is 2.95. The number of aromatic nitrogens is 1. The molecule has 1 atom stereocenters. The number of piperazine rings is 1. The Labute approximate surface area is 119 Å². The van der Waals surface area contributed by atoms with Crippen LogP contribution in [0.25, 0.3) is 0 Å². The predicted molar refractivity (Wildman–Crippen MR) is 74.3 cm³/mol. The predicted octanol–water partition coefficient (Wildman–Crippen LogP) is 1.36. The van der Waals surface area contributed by atoms with E-state index in [9.17, 15) is 4.79 Å². The van der Waals surface area contributed by atoms with Crippen LogP contribution in [0, 0.1) is 6.92 Å². The Morgan fingerprint density at radius 2 is 2.35 bits per heavy atom. The molecule has 0 aliphatic carbocycles. The highest BCUT2D eigenvalue weighted by atomic mass is 16.5. The molecule has 0 saturated carbocycles. The highest BCUT2D eigenvalue weighted by Gasteiger charge is 2.30. The maximum absolute atomic E-state index is 12.2. The molecule has 20 heavy (non-hydrogen) atoms. The van der Waals surface area contributed by atoms with Crippen molar-refractivity contribution in [2.24, 2.45) is 0 Å². The summed E-state index contributed by atoms with van der Waals surface area (Å²) >= 11 is 0. The SMILES string of the molecule is Cc1cc(CNC(=O)N2CCN3CCCC[C@@H]3C2)no1. The van der Waals surface area contributed by atoms with Crippen LogP contribution in [0.3, 0.4) is 0 Å². The summed E-state index contributed by atoms with van der Waals surface area (Å²) in [6, 6.07) is 2.41. The third-order valence-corrected chi connectivity index (χ3v) is 4.22. The quantitative estimate of drug-likeness (QED) is 0.887. The zero-order chi connectivity index (χ0) is 13.9. The number of carbonyl (C=O) groups excluding carboxylic acids is 1. The molecule has 2 fully saturated rings. The summed E-state index contributed by atoms with van der Waals surface area (Å²) in [5.74, 6) is 0.769. The van der Waals surface area contributed by atoms with Gasteiger partial charge in [0.05, 0.1) is 6.54 Å². The lowest BCUT2D eigenvalue weighted by Crippen LogP contribution is -2.57. The molecule has 2 aliphatic heterocycles. The van der Waals surface area contributed by atoms with Crippen LogP contribution < -0.4 is 5.32 Å².